The van der Waals surface area contributed by atoms with Gasteiger partial charge in [0.2, 0.25) is 0 Å². The molecular weight excluding hydrogens is 156 g/mol. The van der Waals surface area contributed by atoms with Gasteiger partial charge in [0.1, 0.15) is 0 Å². The Bertz CT molecular complexity index is 271. The summed E-state index contributed by atoms with van der Waals surface area (Å²) in [4.78, 5) is 0. The Labute approximate surface area is 81.3 Å². The Kier molecular flexibility index (Phi) is 4.31. The average Bonchev–Trinajstić information content (AvgIpc) is 2.13. The van der Waals surface area contributed by atoms with E-state index in [9.17, 15) is 0 Å². The molecule has 0 heteroatoms. The Morgan fingerprint density at radius 2 is 2.23 bits per heavy atom. The second-order valence-corrected chi connectivity index (χ2v) is 3.36. The maximum Gasteiger partial charge on any atom is -0.0148 e. The zero-order chi connectivity index (χ0) is 9.52. The number of aryl methyl sites for hydroxylation is 1. The molecule has 0 aliphatic heterocycles. The van der Waals surface area contributed by atoms with Gasteiger partial charge < -0.3 is 0 Å². The van der Waals surface area contributed by atoms with Crippen molar-refractivity contribution in [2.45, 2.75) is 33.1 Å². The van der Waals surface area contributed by atoms with Crippen molar-refractivity contribution in [3.8, 4) is 0 Å². The summed E-state index contributed by atoms with van der Waals surface area (Å²) in [5.41, 5.74) is 2.49. The molecule has 0 unspecified atom stereocenters. The van der Waals surface area contributed by atoms with Gasteiger partial charge in [0.25, 0.3) is 0 Å². The van der Waals surface area contributed by atoms with Gasteiger partial charge >= 0.3 is 0 Å². The predicted molar refractivity (Wildman–Crippen MR) is 57.6 cm³/mol. The van der Waals surface area contributed by atoms with Crippen molar-refractivity contribution in [2.75, 3.05) is 0 Å². The quantitative estimate of drug-likeness (QED) is 0.606. The molecule has 13 heavy (non-hydrogen) atoms. The molecule has 0 aromatic heterocycles. The Hall–Kier alpha value is -1.04. The van der Waals surface area contributed by atoms with E-state index in [1.807, 2.05) is 0 Å². The Morgan fingerprint density at radius 1 is 1.38 bits per heavy atom. The van der Waals surface area contributed by atoms with Crippen molar-refractivity contribution in [3.05, 3.63) is 47.5 Å². The molecule has 1 rings (SSSR count). The Morgan fingerprint density at radius 3 is 2.92 bits per heavy atom. The zero-order valence-corrected chi connectivity index (χ0v) is 8.51. The van der Waals surface area contributed by atoms with Crippen LogP contribution in [0, 0.1) is 13.0 Å². The summed E-state index contributed by atoms with van der Waals surface area (Å²) in [7, 11) is 0. The highest BCUT2D eigenvalue weighted by Gasteiger charge is 1.87. The second kappa shape index (κ2) is 5.58. The van der Waals surface area contributed by atoms with Crippen molar-refractivity contribution >= 4 is 0 Å². The van der Waals surface area contributed by atoms with Crippen molar-refractivity contribution in [3.63, 3.8) is 0 Å². The third kappa shape index (κ3) is 3.93. The van der Waals surface area contributed by atoms with Gasteiger partial charge in [-0.2, -0.15) is 0 Å². The van der Waals surface area contributed by atoms with Gasteiger partial charge in [-0.05, 0) is 25.0 Å². The monoisotopic (exact) mass is 173 g/mol. The van der Waals surface area contributed by atoms with Crippen LogP contribution in [-0.2, 0) is 0 Å². The molecule has 0 amide bonds. The van der Waals surface area contributed by atoms with E-state index in [-0.39, 0.29) is 0 Å². The van der Waals surface area contributed by atoms with Crippen LogP contribution >= 0.6 is 0 Å². The number of hydrogen-bond donors (Lipinski definition) is 0. The molecule has 0 fully saturated rings. The van der Waals surface area contributed by atoms with E-state index in [0.29, 0.717) is 0 Å². The van der Waals surface area contributed by atoms with E-state index in [1.165, 1.54) is 24.0 Å². The molecule has 0 bridgehead atoms. The van der Waals surface area contributed by atoms with Gasteiger partial charge in [0.15, 0.2) is 0 Å². The number of hydrogen-bond acceptors (Lipinski definition) is 0. The van der Waals surface area contributed by atoms with Crippen LogP contribution in [-0.4, -0.2) is 0 Å². The van der Waals surface area contributed by atoms with Crippen molar-refractivity contribution in [1.29, 1.82) is 0 Å². The fourth-order valence-electron chi connectivity index (χ4n) is 1.23. The van der Waals surface area contributed by atoms with Crippen LogP contribution in [0.4, 0.5) is 0 Å². The molecular formula is C13H17. The summed E-state index contributed by atoms with van der Waals surface area (Å²) >= 11 is 0. The van der Waals surface area contributed by atoms with Crippen LogP contribution < -0.4 is 0 Å². The van der Waals surface area contributed by atoms with E-state index in [2.05, 4.69) is 50.3 Å². The Balaban J connectivity index is 2.48. The number of unbranched alkanes of at least 4 members (excludes halogenated alkanes) is 2. The highest BCUT2D eigenvalue weighted by atomic mass is 13.9. The number of benzene rings is 1. The molecule has 0 atom stereocenters. The SMILES string of the molecule is CCCC/C=[C]\c1cccc(C)c1. The molecule has 0 heterocycles. The van der Waals surface area contributed by atoms with Gasteiger partial charge in [0.05, 0.1) is 0 Å². The maximum atomic E-state index is 3.30. The largest absolute Gasteiger partial charge is 0.0760 e. The van der Waals surface area contributed by atoms with Crippen LogP contribution in [0.15, 0.2) is 30.3 Å². The van der Waals surface area contributed by atoms with E-state index < -0.39 is 0 Å². The van der Waals surface area contributed by atoms with E-state index in [1.54, 1.807) is 0 Å². The summed E-state index contributed by atoms with van der Waals surface area (Å²) < 4.78 is 0. The average molecular weight is 173 g/mol. The second-order valence-electron chi connectivity index (χ2n) is 3.36. The normalized spacial score (nSPS) is 10.9. The topological polar surface area (TPSA) is 0 Å². The molecule has 0 spiro atoms. The van der Waals surface area contributed by atoms with Crippen LogP contribution in [0.5, 0.6) is 0 Å². The number of allylic oxidation sites excluding steroid dienone is 1. The van der Waals surface area contributed by atoms with Crippen LogP contribution in [0.3, 0.4) is 0 Å². The molecule has 0 aliphatic carbocycles. The smallest absolute Gasteiger partial charge is 0.0148 e. The maximum absolute atomic E-state index is 3.30. The van der Waals surface area contributed by atoms with Crippen molar-refractivity contribution in [1.82, 2.24) is 0 Å². The molecule has 0 aliphatic rings. The molecule has 0 saturated carbocycles. The minimum atomic E-state index is 1.14. The first-order valence-electron chi connectivity index (χ1n) is 4.98. The molecule has 1 aromatic carbocycles. The molecule has 0 N–H and O–H groups in total. The van der Waals surface area contributed by atoms with E-state index in [4.69, 9.17) is 0 Å². The fraction of sp³-hybridized carbons (Fsp3) is 0.385. The van der Waals surface area contributed by atoms with Gasteiger partial charge in [-0.3, -0.25) is 0 Å². The highest BCUT2D eigenvalue weighted by Crippen LogP contribution is 2.05. The molecule has 1 radical (unpaired) electrons. The first-order chi connectivity index (χ1) is 6.33. The molecule has 0 nitrogen and oxygen atoms in total. The summed E-state index contributed by atoms with van der Waals surface area (Å²) in [6.07, 6.45) is 9.09. The molecule has 69 valence electrons. The zero-order valence-electron chi connectivity index (χ0n) is 8.51. The minimum Gasteiger partial charge on any atom is -0.0760 e. The van der Waals surface area contributed by atoms with E-state index in [0.717, 1.165) is 6.42 Å². The van der Waals surface area contributed by atoms with Gasteiger partial charge in [-0.1, -0.05) is 55.7 Å². The van der Waals surface area contributed by atoms with Gasteiger partial charge in [-0.15, -0.1) is 0 Å². The molecule has 1 aromatic rings. The van der Waals surface area contributed by atoms with Crippen LogP contribution in [0.1, 0.15) is 37.3 Å². The first-order valence-corrected chi connectivity index (χ1v) is 4.98. The predicted octanol–water partition coefficient (Wildman–Crippen LogP) is 3.89. The highest BCUT2D eigenvalue weighted by molar-refractivity contribution is 5.26. The fourth-order valence-corrected chi connectivity index (χ4v) is 1.23. The lowest BCUT2D eigenvalue weighted by molar-refractivity contribution is 0.813. The minimum absolute atomic E-state index is 1.14. The lowest BCUT2D eigenvalue weighted by atomic mass is 10.1. The summed E-state index contributed by atoms with van der Waals surface area (Å²) in [6, 6.07) is 8.43. The van der Waals surface area contributed by atoms with E-state index >= 15 is 0 Å². The van der Waals surface area contributed by atoms with Crippen LogP contribution in [0.25, 0.3) is 0 Å². The first kappa shape index (κ1) is 10.0. The van der Waals surface area contributed by atoms with Gasteiger partial charge in [0, 0.05) is 0 Å². The molecule has 0 saturated heterocycles. The summed E-state index contributed by atoms with van der Waals surface area (Å²) in [5, 5.41) is 0. The lowest BCUT2D eigenvalue weighted by Crippen LogP contribution is -1.76. The van der Waals surface area contributed by atoms with Crippen LogP contribution in [0.2, 0.25) is 0 Å². The van der Waals surface area contributed by atoms with Crippen molar-refractivity contribution < 1.29 is 0 Å². The number of rotatable bonds is 4. The van der Waals surface area contributed by atoms with Crippen molar-refractivity contribution in [2.24, 2.45) is 0 Å². The van der Waals surface area contributed by atoms with Gasteiger partial charge in [-0.25, -0.2) is 0 Å². The summed E-state index contributed by atoms with van der Waals surface area (Å²) in [5.74, 6) is 0. The lowest BCUT2D eigenvalue weighted by Gasteiger charge is -1.94. The standard InChI is InChI=1S/C13H17/c1-3-4-5-6-9-13-10-7-8-12(2)11-13/h6-8,10-11H,3-5H2,1-2H3. The summed E-state index contributed by atoms with van der Waals surface area (Å²) in [6.45, 7) is 4.32. The third-order valence-corrected chi connectivity index (χ3v) is 1.99. The third-order valence-electron chi connectivity index (χ3n) is 1.99.